The van der Waals surface area contributed by atoms with Gasteiger partial charge >= 0.3 is 6.16 Å². The lowest BCUT2D eigenvalue weighted by molar-refractivity contribution is 0.150. The second-order valence-electron chi connectivity index (χ2n) is 10.2. The number of aryl methyl sites for hydroxylation is 3. The van der Waals surface area contributed by atoms with E-state index in [2.05, 4.69) is 93.6 Å². The van der Waals surface area contributed by atoms with E-state index in [1.165, 1.54) is 74.5 Å². The molecule has 0 radical (unpaired) electrons. The predicted octanol–water partition coefficient (Wildman–Crippen LogP) is 10.8. The molecule has 4 heteroatoms. The summed E-state index contributed by atoms with van der Waals surface area (Å²) >= 11 is 0. The Labute approximate surface area is 232 Å². The summed E-state index contributed by atoms with van der Waals surface area (Å²) in [6.45, 7) is 6.65. The summed E-state index contributed by atoms with van der Waals surface area (Å²) < 4.78 is 6.01. The Morgan fingerprint density at radius 3 is 1.08 bits per heavy atom. The minimum atomic E-state index is -2.46. The van der Waals surface area contributed by atoms with Gasteiger partial charge in [0.15, 0.2) is 0 Å². The molecule has 0 aromatic heterocycles. The first-order chi connectivity index (χ1) is 18.5. The maximum atomic E-state index is 12.3. The Balaban J connectivity index is 2.05. The fourth-order valence-corrected chi connectivity index (χ4v) is 7.82. The fraction of sp³-hybridized carbons (Fsp3) is 0.441. The number of hydrogen-bond acceptors (Lipinski definition) is 2. The lowest BCUT2D eigenvalue weighted by Gasteiger charge is -2.39. The lowest BCUT2D eigenvalue weighted by atomic mass is 10.1. The molecule has 3 aromatic carbocycles. The van der Waals surface area contributed by atoms with Gasteiger partial charge in [0, 0.05) is 14.7 Å². The Kier molecular flexibility index (Phi) is 12.3. The van der Waals surface area contributed by atoms with E-state index in [0.717, 1.165) is 33.9 Å². The highest BCUT2D eigenvalue weighted by Crippen LogP contribution is 2.69. The molecule has 0 bridgehead atoms. The van der Waals surface area contributed by atoms with Gasteiger partial charge in [0.1, 0.15) is 0 Å². The fourth-order valence-electron chi connectivity index (χ4n) is 4.94. The highest BCUT2D eigenvalue weighted by Gasteiger charge is 2.36. The van der Waals surface area contributed by atoms with Crippen molar-refractivity contribution in [3.63, 3.8) is 0 Å². The summed E-state index contributed by atoms with van der Waals surface area (Å²) in [6, 6.07) is 25.4. The first kappa shape index (κ1) is 29.8. The topological polar surface area (TPSA) is 46.5 Å². The van der Waals surface area contributed by atoms with Crippen LogP contribution in [-0.4, -0.2) is 11.3 Å². The van der Waals surface area contributed by atoms with Crippen LogP contribution in [0.4, 0.5) is 4.79 Å². The largest absolute Gasteiger partial charge is 0.517 e. The van der Waals surface area contributed by atoms with Gasteiger partial charge in [-0.15, -0.1) is 0 Å². The molecule has 0 saturated heterocycles. The first-order valence-electron chi connectivity index (χ1n) is 14.6. The summed E-state index contributed by atoms with van der Waals surface area (Å²) in [5, 5.41) is 10.0. The van der Waals surface area contributed by atoms with Gasteiger partial charge in [-0.25, -0.2) is 4.79 Å². The molecule has 0 aliphatic rings. The molecule has 3 aromatic rings. The molecule has 1 N–H and O–H groups in total. The minimum absolute atomic E-state index is 0.914. The Bertz CT molecular complexity index is 958. The van der Waals surface area contributed by atoms with Crippen LogP contribution in [0.1, 0.15) is 95.2 Å². The molecule has 206 valence electrons. The molecule has 0 saturated carbocycles. The highest BCUT2D eigenvalue weighted by atomic mass is 32.3. The van der Waals surface area contributed by atoms with E-state index in [1.807, 2.05) is 0 Å². The van der Waals surface area contributed by atoms with Crippen molar-refractivity contribution in [3.8, 4) is 0 Å². The second kappa shape index (κ2) is 15.6. The third-order valence-corrected chi connectivity index (χ3v) is 10.4. The van der Waals surface area contributed by atoms with E-state index in [1.54, 1.807) is 0 Å². The monoisotopic (exact) mass is 534 g/mol. The molecule has 0 aliphatic carbocycles. The van der Waals surface area contributed by atoms with Crippen LogP contribution < -0.4 is 0 Å². The van der Waals surface area contributed by atoms with E-state index in [0.29, 0.717) is 0 Å². The van der Waals surface area contributed by atoms with Crippen LogP contribution >= 0.6 is 10.3 Å². The number of rotatable bonds is 16. The molecule has 38 heavy (non-hydrogen) atoms. The molecular weight excluding hydrogens is 488 g/mol. The minimum Gasteiger partial charge on any atom is -0.449 e. The van der Waals surface area contributed by atoms with Gasteiger partial charge in [-0.1, -0.05) is 95.7 Å². The van der Waals surface area contributed by atoms with Crippen LogP contribution in [0.3, 0.4) is 0 Å². The Hall–Kier alpha value is -2.72. The van der Waals surface area contributed by atoms with Crippen LogP contribution in [0.2, 0.25) is 0 Å². The zero-order valence-electron chi connectivity index (χ0n) is 23.6. The SMILES string of the molecule is CCCCCc1ccc(S(OC(=O)O)(c2ccc(CCCCC)cc2)c2ccc(CCCCC)cc2)cc1. The molecule has 0 atom stereocenters. The number of unbranched alkanes of at least 4 members (excludes halogenated alkanes) is 6. The molecular formula is C34H46O3S. The van der Waals surface area contributed by atoms with Crippen molar-refractivity contribution in [2.75, 3.05) is 0 Å². The zero-order chi connectivity index (χ0) is 27.2. The van der Waals surface area contributed by atoms with E-state index in [-0.39, 0.29) is 0 Å². The van der Waals surface area contributed by atoms with Gasteiger partial charge in [-0.2, -0.15) is 0 Å². The normalized spacial score (nSPS) is 11.9. The summed E-state index contributed by atoms with van der Waals surface area (Å²) in [4.78, 5) is 15.0. The smallest absolute Gasteiger partial charge is 0.449 e. The number of carbonyl (C=O) groups is 1. The quantitative estimate of drug-likeness (QED) is 0.186. The van der Waals surface area contributed by atoms with Crippen LogP contribution in [0.15, 0.2) is 87.5 Å². The van der Waals surface area contributed by atoms with E-state index >= 15 is 0 Å². The number of carboxylic acid groups (broad SMARTS) is 1. The van der Waals surface area contributed by atoms with Crippen molar-refractivity contribution in [3.05, 3.63) is 89.5 Å². The number of hydrogen-bond donors (Lipinski definition) is 1. The van der Waals surface area contributed by atoms with Crippen molar-refractivity contribution in [1.82, 2.24) is 0 Å². The van der Waals surface area contributed by atoms with Crippen molar-refractivity contribution < 1.29 is 14.1 Å². The number of benzene rings is 3. The van der Waals surface area contributed by atoms with Crippen LogP contribution in [0.5, 0.6) is 0 Å². The molecule has 0 unspecified atom stereocenters. The third-order valence-electron chi connectivity index (χ3n) is 7.17. The third kappa shape index (κ3) is 8.14. The summed E-state index contributed by atoms with van der Waals surface area (Å²) in [5.74, 6) is 0. The maximum Gasteiger partial charge on any atom is 0.517 e. The van der Waals surface area contributed by atoms with E-state index in [4.69, 9.17) is 4.18 Å². The molecule has 3 nitrogen and oxygen atoms in total. The van der Waals surface area contributed by atoms with Crippen molar-refractivity contribution in [2.45, 2.75) is 113 Å². The lowest BCUT2D eigenvalue weighted by Crippen LogP contribution is -2.12. The summed E-state index contributed by atoms with van der Waals surface area (Å²) in [7, 11) is -2.46. The van der Waals surface area contributed by atoms with Gasteiger partial charge in [0.2, 0.25) is 0 Å². The first-order valence-corrected chi connectivity index (χ1v) is 16.1. The molecule has 0 heterocycles. The van der Waals surface area contributed by atoms with Gasteiger partial charge in [0.05, 0.1) is 0 Å². The van der Waals surface area contributed by atoms with Crippen LogP contribution in [-0.2, 0) is 23.4 Å². The van der Waals surface area contributed by atoms with Gasteiger partial charge < -0.3 is 9.29 Å². The Morgan fingerprint density at radius 2 is 0.842 bits per heavy atom. The maximum absolute atomic E-state index is 12.3. The second-order valence-corrected chi connectivity index (χ2v) is 12.9. The van der Waals surface area contributed by atoms with Crippen molar-refractivity contribution >= 4 is 16.5 Å². The standard InChI is InChI=1S/C34H46O3S/c1-4-7-10-13-28-16-22-31(23-17-28)38(37-34(35)36,32-24-18-29(19-25-32)14-11-8-5-2)33-26-20-30(21-27-33)15-12-9-6-3/h16-27H,4-15H2,1-3H3,(H,35,36). The van der Waals surface area contributed by atoms with E-state index < -0.39 is 16.5 Å². The van der Waals surface area contributed by atoms with Crippen molar-refractivity contribution in [2.24, 2.45) is 0 Å². The van der Waals surface area contributed by atoms with Gasteiger partial charge in [-0.05, 0) is 102 Å². The zero-order valence-corrected chi connectivity index (χ0v) is 24.4. The van der Waals surface area contributed by atoms with E-state index in [9.17, 15) is 9.90 Å². The average Bonchev–Trinajstić information content (AvgIpc) is 2.93. The predicted molar refractivity (Wildman–Crippen MR) is 161 cm³/mol. The summed E-state index contributed by atoms with van der Waals surface area (Å²) in [5.41, 5.74) is 3.84. The molecule has 0 fully saturated rings. The molecule has 3 rings (SSSR count). The van der Waals surface area contributed by atoms with Gasteiger partial charge in [0.25, 0.3) is 0 Å². The van der Waals surface area contributed by atoms with Crippen LogP contribution in [0, 0.1) is 0 Å². The molecule has 0 amide bonds. The molecule has 0 spiro atoms. The highest BCUT2D eigenvalue weighted by molar-refractivity contribution is 8.30. The average molecular weight is 535 g/mol. The van der Waals surface area contributed by atoms with Crippen LogP contribution in [0.25, 0.3) is 0 Å². The van der Waals surface area contributed by atoms with Gasteiger partial charge in [-0.3, -0.25) is 0 Å². The van der Waals surface area contributed by atoms with Crippen molar-refractivity contribution in [1.29, 1.82) is 0 Å². The Morgan fingerprint density at radius 1 is 0.553 bits per heavy atom. The molecule has 0 aliphatic heterocycles. The summed E-state index contributed by atoms with van der Waals surface area (Å²) in [6.07, 6.45) is 12.6.